The van der Waals surface area contributed by atoms with E-state index in [1.165, 1.54) is 6.42 Å². The Morgan fingerprint density at radius 2 is 2.14 bits per heavy atom. The van der Waals surface area contributed by atoms with Crippen LogP contribution in [-0.4, -0.2) is 29.9 Å². The molecule has 0 aromatic carbocycles. The molecule has 1 aliphatic rings. The molecule has 3 heteroatoms. The van der Waals surface area contributed by atoms with Crippen molar-refractivity contribution < 1.29 is 4.79 Å². The van der Waals surface area contributed by atoms with E-state index in [0.29, 0.717) is 6.42 Å². The highest BCUT2D eigenvalue weighted by atomic mass is 16.2. The SMILES string of the molecule is CCCCN(C)C(=O)CC1(N)CCC1. The maximum Gasteiger partial charge on any atom is 0.224 e. The number of hydrogen-bond acceptors (Lipinski definition) is 2. The molecule has 0 aromatic rings. The quantitative estimate of drug-likeness (QED) is 0.728. The Balaban J connectivity index is 2.26. The second-order valence-electron chi connectivity index (χ2n) is 4.56. The summed E-state index contributed by atoms with van der Waals surface area (Å²) in [6, 6.07) is 0. The van der Waals surface area contributed by atoms with Gasteiger partial charge in [-0.3, -0.25) is 4.79 Å². The van der Waals surface area contributed by atoms with Crippen molar-refractivity contribution in [2.75, 3.05) is 13.6 Å². The molecule has 0 bridgehead atoms. The minimum atomic E-state index is -0.169. The predicted molar refractivity (Wildman–Crippen MR) is 57.9 cm³/mol. The summed E-state index contributed by atoms with van der Waals surface area (Å²) < 4.78 is 0. The van der Waals surface area contributed by atoms with Gasteiger partial charge in [0, 0.05) is 25.6 Å². The predicted octanol–water partition coefficient (Wildman–Crippen LogP) is 1.52. The van der Waals surface area contributed by atoms with Crippen molar-refractivity contribution in [3.8, 4) is 0 Å². The first-order valence-electron chi connectivity index (χ1n) is 5.60. The Kier molecular flexibility index (Phi) is 3.93. The maximum absolute atomic E-state index is 11.7. The van der Waals surface area contributed by atoms with Gasteiger partial charge in [0.15, 0.2) is 0 Å². The third kappa shape index (κ3) is 2.98. The molecule has 14 heavy (non-hydrogen) atoms. The Hall–Kier alpha value is -0.570. The third-order valence-electron chi connectivity index (χ3n) is 3.13. The van der Waals surface area contributed by atoms with E-state index in [-0.39, 0.29) is 11.4 Å². The molecule has 3 nitrogen and oxygen atoms in total. The number of carbonyl (C=O) groups excluding carboxylic acids is 1. The summed E-state index contributed by atoms with van der Waals surface area (Å²) in [5.41, 5.74) is 5.85. The molecule has 0 unspecified atom stereocenters. The normalized spacial score (nSPS) is 18.8. The lowest BCUT2D eigenvalue weighted by atomic mass is 9.75. The topological polar surface area (TPSA) is 46.3 Å². The molecule has 0 saturated heterocycles. The van der Waals surface area contributed by atoms with Crippen LogP contribution in [0.15, 0.2) is 0 Å². The van der Waals surface area contributed by atoms with Crippen molar-refractivity contribution in [2.24, 2.45) is 5.73 Å². The summed E-state index contributed by atoms with van der Waals surface area (Å²) in [6.07, 6.45) is 5.96. The summed E-state index contributed by atoms with van der Waals surface area (Å²) in [4.78, 5) is 13.5. The van der Waals surface area contributed by atoms with Crippen molar-refractivity contribution in [3.05, 3.63) is 0 Å². The summed E-state index contributed by atoms with van der Waals surface area (Å²) in [7, 11) is 1.88. The smallest absolute Gasteiger partial charge is 0.224 e. The van der Waals surface area contributed by atoms with Crippen LogP contribution in [0.1, 0.15) is 45.4 Å². The van der Waals surface area contributed by atoms with Crippen LogP contribution in [0.5, 0.6) is 0 Å². The van der Waals surface area contributed by atoms with Crippen LogP contribution in [0.25, 0.3) is 0 Å². The molecule has 1 fully saturated rings. The van der Waals surface area contributed by atoms with Gasteiger partial charge in [-0.05, 0) is 25.7 Å². The maximum atomic E-state index is 11.7. The molecule has 0 atom stereocenters. The van der Waals surface area contributed by atoms with Crippen molar-refractivity contribution in [2.45, 2.75) is 51.0 Å². The number of amides is 1. The first-order chi connectivity index (χ1) is 6.57. The zero-order valence-corrected chi connectivity index (χ0v) is 9.38. The zero-order valence-electron chi connectivity index (χ0n) is 9.38. The van der Waals surface area contributed by atoms with Gasteiger partial charge in [0.05, 0.1) is 0 Å². The van der Waals surface area contributed by atoms with Crippen LogP contribution in [-0.2, 0) is 4.79 Å². The number of carbonyl (C=O) groups is 1. The van der Waals surface area contributed by atoms with E-state index in [9.17, 15) is 4.79 Å². The fourth-order valence-corrected chi connectivity index (χ4v) is 1.76. The van der Waals surface area contributed by atoms with Gasteiger partial charge in [0.2, 0.25) is 5.91 Å². The van der Waals surface area contributed by atoms with Crippen molar-refractivity contribution in [3.63, 3.8) is 0 Å². The Morgan fingerprint density at radius 3 is 2.57 bits per heavy atom. The monoisotopic (exact) mass is 198 g/mol. The first-order valence-corrected chi connectivity index (χ1v) is 5.60. The van der Waals surface area contributed by atoms with Crippen LogP contribution in [0.4, 0.5) is 0 Å². The van der Waals surface area contributed by atoms with Crippen LogP contribution in [0.2, 0.25) is 0 Å². The second kappa shape index (κ2) is 4.78. The molecule has 0 spiro atoms. The van der Waals surface area contributed by atoms with Crippen LogP contribution >= 0.6 is 0 Å². The number of nitrogens with two attached hydrogens (primary N) is 1. The summed E-state index contributed by atoms with van der Waals surface area (Å²) >= 11 is 0. The third-order valence-corrected chi connectivity index (χ3v) is 3.13. The van der Waals surface area contributed by atoms with Gasteiger partial charge >= 0.3 is 0 Å². The number of rotatable bonds is 5. The van der Waals surface area contributed by atoms with Gasteiger partial charge in [-0.15, -0.1) is 0 Å². The molecule has 2 N–H and O–H groups in total. The summed E-state index contributed by atoms with van der Waals surface area (Å²) in [5.74, 6) is 0.209. The average molecular weight is 198 g/mol. The number of nitrogens with zero attached hydrogens (tertiary/aromatic N) is 1. The highest BCUT2D eigenvalue weighted by molar-refractivity contribution is 5.77. The van der Waals surface area contributed by atoms with Crippen molar-refractivity contribution >= 4 is 5.91 Å². The van der Waals surface area contributed by atoms with E-state index in [2.05, 4.69) is 6.92 Å². The van der Waals surface area contributed by atoms with Crippen LogP contribution < -0.4 is 5.73 Å². The van der Waals surface area contributed by atoms with E-state index < -0.39 is 0 Å². The van der Waals surface area contributed by atoms with Crippen molar-refractivity contribution in [1.29, 1.82) is 0 Å². The fourth-order valence-electron chi connectivity index (χ4n) is 1.76. The lowest BCUT2D eigenvalue weighted by molar-refractivity contribution is -0.132. The van der Waals surface area contributed by atoms with E-state index in [1.807, 2.05) is 11.9 Å². The fraction of sp³-hybridized carbons (Fsp3) is 0.909. The Morgan fingerprint density at radius 1 is 1.50 bits per heavy atom. The molecule has 0 aliphatic heterocycles. The molecule has 1 aliphatic carbocycles. The standard InChI is InChI=1S/C11H22N2O/c1-3-4-8-13(2)10(14)9-11(12)6-5-7-11/h3-9,12H2,1-2H3. The van der Waals surface area contributed by atoms with Gasteiger partial charge in [-0.2, -0.15) is 0 Å². The van der Waals surface area contributed by atoms with E-state index in [1.54, 1.807) is 0 Å². The van der Waals surface area contributed by atoms with Crippen molar-refractivity contribution in [1.82, 2.24) is 4.90 Å². The largest absolute Gasteiger partial charge is 0.346 e. The van der Waals surface area contributed by atoms with Gasteiger partial charge in [0.25, 0.3) is 0 Å². The number of hydrogen-bond donors (Lipinski definition) is 1. The molecule has 82 valence electrons. The Labute approximate surface area is 86.6 Å². The molecule has 0 heterocycles. The average Bonchev–Trinajstić information content (AvgIpc) is 2.11. The lowest BCUT2D eigenvalue weighted by Crippen LogP contribution is -2.50. The summed E-state index contributed by atoms with van der Waals surface area (Å²) in [6.45, 7) is 3.00. The molecule has 0 aromatic heterocycles. The number of unbranched alkanes of at least 4 members (excludes halogenated alkanes) is 1. The van der Waals surface area contributed by atoms with Crippen LogP contribution in [0, 0.1) is 0 Å². The van der Waals surface area contributed by atoms with Gasteiger partial charge in [-0.25, -0.2) is 0 Å². The minimum Gasteiger partial charge on any atom is -0.346 e. The highest BCUT2D eigenvalue weighted by Gasteiger charge is 2.35. The zero-order chi connectivity index (χ0) is 10.6. The lowest BCUT2D eigenvalue weighted by Gasteiger charge is -2.38. The second-order valence-corrected chi connectivity index (χ2v) is 4.56. The molecular formula is C11H22N2O. The van der Waals surface area contributed by atoms with E-state index in [0.717, 1.165) is 32.2 Å². The van der Waals surface area contributed by atoms with E-state index in [4.69, 9.17) is 5.73 Å². The first kappa shape index (κ1) is 11.5. The molecule has 0 radical (unpaired) electrons. The molecule has 1 amide bonds. The molecular weight excluding hydrogens is 176 g/mol. The summed E-state index contributed by atoms with van der Waals surface area (Å²) in [5, 5.41) is 0. The Bertz CT molecular complexity index is 199. The van der Waals surface area contributed by atoms with Gasteiger partial charge in [-0.1, -0.05) is 13.3 Å². The van der Waals surface area contributed by atoms with Crippen LogP contribution in [0.3, 0.4) is 0 Å². The molecule has 1 rings (SSSR count). The minimum absolute atomic E-state index is 0.169. The highest BCUT2D eigenvalue weighted by Crippen LogP contribution is 2.32. The van der Waals surface area contributed by atoms with Gasteiger partial charge < -0.3 is 10.6 Å². The molecule has 1 saturated carbocycles. The van der Waals surface area contributed by atoms with Gasteiger partial charge in [0.1, 0.15) is 0 Å². The van der Waals surface area contributed by atoms with E-state index >= 15 is 0 Å².